The number of nitrogens with two attached hydrogens (primary N) is 1. The molecule has 1 atom stereocenters. The van der Waals surface area contributed by atoms with E-state index in [9.17, 15) is 4.79 Å². The molecule has 1 unspecified atom stereocenters. The molecule has 0 radical (unpaired) electrons. The molecule has 0 aliphatic rings. The number of carbonyl (C=O) groups excluding carboxylic acids is 1. The topological polar surface area (TPSA) is 55.1 Å². The Labute approximate surface area is 128 Å². The van der Waals surface area contributed by atoms with E-state index in [1.807, 2.05) is 20.8 Å². The molecule has 1 aromatic rings. The average Bonchev–Trinajstić information content (AvgIpc) is 2.24. The standard InChI is InChI=1S/C13H17Cl3N2O/c1-13(2,3)11(17)6-12(19)18-10-5-8(15)7(14)4-9(10)16/h4-5,11H,6,17H2,1-3H3,(H,18,19). The van der Waals surface area contributed by atoms with Gasteiger partial charge in [0.15, 0.2) is 0 Å². The molecule has 0 fully saturated rings. The van der Waals surface area contributed by atoms with Crippen LogP contribution in [0.25, 0.3) is 0 Å². The van der Waals surface area contributed by atoms with Crippen LogP contribution in [0.4, 0.5) is 5.69 Å². The van der Waals surface area contributed by atoms with Crippen molar-refractivity contribution in [3.8, 4) is 0 Å². The highest BCUT2D eigenvalue weighted by Gasteiger charge is 2.23. The summed E-state index contributed by atoms with van der Waals surface area (Å²) in [4.78, 5) is 11.9. The summed E-state index contributed by atoms with van der Waals surface area (Å²) >= 11 is 17.7. The van der Waals surface area contributed by atoms with Crippen LogP contribution in [0.3, 0.4) is 0 Å². The lowest BCUT2D eigenvalue weighted by Gasteiger charge is -2.26. The van der Waals surface area contributed by atoms with Gasteiger partial charge in [-0.05, 0) is 17.5 Å². The number of hydrogen-bond donors (Lipinski definition) is 2. The Hall–Kier alpha value is -0.480. The van der Waals surface area contributed by atoms with Crippen molar-refractivity contribution in [1.29, 1.82) is 0 Å². The smallest absolute Gasteiger partial charge is 0.225 e. The maximum absolute atomic E-state index is 11.9. The molecule has 0 spiro atoms. The van der Waals surface area contributed by atoms with Crippen LogP contribution in [0.5, 0.6) is 0 Å². The van der Waals surface area contributed by atoms with Gasteiger partial charge >= 0.3 is 0 Å². The maximum atomic E-state index is 11.9. The van der Waals surface area contributed by atoms with Crippen LogP contribution in [0.15, 0.2) is 12.1 Å². The van der Waals surface area contributed by atoms with Gasteiger partial charge in [0.05, 0.1) is 20.8 Å². The van der Waals surface area contributed by atoms with E-state index >= 15 is 0 Å². The van der Waals surface area contributed by atoms with Crippen molar-refractivity contribution in [2.45, 2.75) is 33.2 Å². The Bertz CT molecular complexity index is 484. The fourth-order valence-electron chi connectivity index (χ4n) is 1.33. The van der Waals surface area contributed by atoms with Gasteiger partial charge in [-0.2, -0.15) is 0 Å². The van der Waals surface area contributed by atoms with Crippen molar-refractivity contribution < 1.29 is 4.79 Å². The largest absolute Gasteiger partial charge is 0.327 e. The summed E-state index contributed by atoms with van der Waals surface area (Å²) in [6.45, 7) is 5.95. The minimum Gasteiger partial charge on any atom is -0.327 e. The Morgan fingerprint density at radius 3 is 2.26 bits per heavy atom. The predicted molar refractivity (Wildman–Crippen MR) is 82.1 cm³/mol. The lowest BCUT2D eigenvalue weighted by atomic mass is 9.85. The molecule has 1 amide bonds. The molecule has 19 heavy (non-hydrogen) atoms. The summed E-state index contributed by atoms with van der Waals surface area (Å²) in [5, 5.41) is 3.71. The van der Waals surface area contributed by atoms with Crippen LogP contribution in [0, 0.1) is 5.41 Å². The van der Waals surface area contributed by atoms with Crippen LogP contribution in [-0.2, 0) is 4.79 Å². The number of amides is 1. The first-order valence-corrected chi connectivity index (χ1v) is 6.94. The number of hydrogen-bond acceptors (Lipinski definition) is 2. The second-order valence-electron chi connectivity index (χ2n) is 5.47. The monoisotopic (exact) mass is 322 g/mol. The summed E-state index contributed by atoms with van der Waals surface area (Å²) in [6.07, 6.45) is 0.208. The molecule has 1 rings (SSSR count). The van der Waals surface area contributed by atoms with Gasteiger partial charge in [0.25, 0.3) is 0 Å². The summed E-state index contributed by atoms with van der Waals surface area (Å²) in [7, 11) is 0. The first kappa shape index (κ1) is 16.6. The fourth-order valence-corrected chi connectivity index (χ4v) is 1.92. The SMILES string of the molecule is CC(C)(C)C(N)CC(=O)Nc1cc(Cl)c(Cl)cc1Cl. The van der Waals surface area contributed by atoms with E-state index in [-0.39, 0.29) is 23.8 Å². The van der Waals surface area contributed by atoms with Gasteiger partial charge in [0.1, 0.15) is 0 Å². The quantitative estimate of drug-likeness (QED) is 0.813. The first-order chi connectivity index (χ1) is 8.61. The zero-order valence-corrected chi connectivity index (χ0v) is 13.3. The molecule has 0 aromatic heterocycles. The van der Waals surface area contributed by atoms with Gasteiger partial charge in [-0.3, -0.25) is 4.79 Å². The highest BCUT2D eigenvalue weighted by Crippen LogP contribution is 2.32. The maximum Gasteiger partial charge on any atom is 0.225 e. The summed E-state index contributed by atoms with van der Waals surface area (Å²) in [6, 6.07) is 2.77. The van der Waals surface area contributed by atoms with Gasteiger partial charge in [0, 0.05) is 12.5 Å². The number of halogens is 3. The molecule has 1 aromatic carbocycles. The molecule has 6 heteroatoms. The second kappa shape index (κ2) is 6.31. The number of nitrogens with one attached hydrogen (secondary N) is 1. The zero-order valence-electron chi connectivity index (χ0n) is 11.1. The molecule has 0 saturated heterocycles. The Balaban J connectivity index is 2.76. The minimum absolute atomic E-state index is 0.140. The number of anilines is 1. The fraction of sp³-hybridized carbons (Fsp3) is 0.462. The number of carbonyl (C=O) groups is 1. The molecule has 0 aliphatic carbocycles. The van der Waals surface area contributed by atoms with Gasteiger partial charge in [-0.1, -0.05) is 55.6 Å². The highest BCUT2D eigenvalue weighted by molar-refractivity contribution is 6.44. The van der Waals surface area contributed by atoms with E-state index < -0.39 is 0 Å². The number of benzene rings is 1. The molecule has 106 valence electrons. The summed E-state index contributed by atoms with van der Waals surface area (Å²) < 4.78 is 0. The van der Waals surface area contributed by atoms with E-state index in [4.69, 9.17) is 40.5 Å². The molecular formula is C13H17Cl3N2O. The molecular weight excluding hydrogens is 307 g/mol. The van der Waals surface area contributed by atoms with Crippen molar-refractivity contribution in [1.82, 2.24) is 0 Å². The zero-order chi connectivity index (χ0) is 14.8. The molecule has 0 bridgehead atoms. The van der Waals surface area contributed by atoms with E-state index in [1.54, 1.807) is 0 Å². The van der Waals surface area contributed by atoms with Crippen molar-refractivity contribution >= 4 is 46.4 Å². The first-order valence-electron chi connectivity index (χ1n) is 5.81. The van der Waals surface area contributed by atoms with Gasteiger partial charge in [0.2, 0.25) is 5.91 Å². The Morgan fingerprint density at radius 1 is 1.21 bits per heavy atom. The van der Waals surface area contributed by atoms with Crippen molar-refractivity contribution in [2.75, 3.05) is 5.32 Å². The predicted octanol–water partition coefficient (Wildman–Crippen LogP) is 4.35. The highest BCUT2D eigenvalue weighted by atomic mass is 35.5. The van der Waals surface area contributed by atoms with Crippen molar-refractivity contribution in [3.63, 3.8) is 0 Å². The van der Waals surface area contributed by atoms with E-state index in [0.717, 1.165) is 0 Å². The molecule has 0 aliphatic heterocycles. The molecule has 3 nitrogen and oxygen atoms in total. The molecule has 3 N–H and O–H groups in total. The second-order valence-corrected chi connectivity index (χ2v) is 6.69. The van der Waals surface area contributed by atoms with E-state index in [0.29, 0.717) is 20.8 Å². The van der Waals surface area contributed by atoms with Crippen LogP contribution < -0.4 is 11.1 Å². The van der Waals surface area contributed by atoms with E-state index in [1.165, 1.54) is 12.1 Å². The lowest BCUT2D eigenvalue weighted by molar-refractivity contribution is -0.117. The van der Waals surface area contributed by atoms with Gasteiger partial charge in [-0.25, -0.2) is 0 Å². The summed E-state index contributed by atoms with van der Waals surface area (Å²) in [5.74, 6) is -0.206. The third-order valence-electron chi connectivity index (χ3n) is 2.80. The molecule has 0 saturated carbocycles. The van der Waals surface area contributed by atoms with Gasteiger partial charge < -0.3 is 11.1 Å². The van der Waals surface area contributed by atoms with Crippen LogP contribution >= 0.6 is 34.8 Å². The van der Waals surface area contributed by atoms with Crippen molar-refractivity contribution in [2.24, 2.45) is 11.1 Å². The Morgan fingerprint density at radius 2 is 1.74 bits per heavy atom. The Kier molecular flexibility index (Phi) is 5.51. The summed E-state index contributed by atoms with van der Waals surface area (Å²) in [5.41, 5.74) is 6.25. The van der Waals surface area contributed by atoms with Crippen LogP contribution in [0.2, 0.25) is 15.1 Å². The van der Waals surface area contributed by atoms with E-state index in [2.05, 4.69) is 5.32 Å². The number of rotatable bonds is 3. The third kappa shape index (κ3) is 4.84. The van der Waals surface area contributed by atoms with Crippen LogP contribution in [-0.4, -0.2) is 11.9 Å². The van der Waals surface area contributed by atoms with Crippen molar-refractivity contribution in [3.05, 3.63) is 27.2 Å². The minimum atomic E-state index is -0.242. The lowest BCUT2D eigenvalue weighted by Crippen LogP contribution is -2.38. The van der Waals surface area contributed by atoms with Crippen LogP contribution in [0.1, 0.15) is 27.2 Å². The molecule has 0 heterocycles. The normalized spacial score (nSPS) is 13.2. The average molecular weight is 324 g/mol. The third-order valence-corrected chi connectivity index (χ3v) is 3.84. The van der Waals surface area contributed by atoms with Gasteiger partial charge in [-0.15, -0.1) is 0 Å².